The number of methoxy groups -OCH3 is 1. The summed E-state index contributed by atoms with van der Waals surface area (Å²) >= 11 is 7.40. The van der Waals surface area contributed by atoms with E-state index in [-0.39, 0.29) is 11.7 Å². The molecular weight excluding hydrogens is 460 g/mol. The van der Waals surface area contributed by atoms with Crippen LogP contribution in [-0.2, 0) is 11.4 Å². The van der Waals surface area contributed by atoms with Crippen LogP contribution in [-0.4, -0.2) is 23.3 Å². The molecule has 1 fully saturated rings. The van der Waals surface area contributed by atoms with Crippen molar-refractivity contribution in [2.24, 2.45) is 4.99 Å². The topological polar surface area (TPSA) is 80.2 Å². The van der Waals surface area contributed by atoms with Crippen molar-refractivity contribution in [3.05, 3.63) is 87.3 Å². The van der Waals surface area contributed by atoms with Crippen molar-refractivity contribution in [2.75, 3.05) is 7.11 Å². The molecule has 3 aromatic rings. The number of amides is 1. The molecule has 1 aliphatic rings. The molecule has 1 aliphatic heterocycles. The first-order valence-electron chi connectivity index (χ1n) is 10.1. The molecular formula is C25H21ClN2O4S. The highest BCUT2D eigenvalue weighted by molar-refractivity contribution is 8.18. The molecule has 0 bridgehead atoms. The van der Waals surface area contributed by atoms with Gasteiger partial charge in [-0.2, -0.15) is 0 Å². The summed E-state index contributed by atoms with van der Waals surface area (Å²) in [5, 5.41) is 13.8. The number of nitrogens with one attached hydrogen (secondary N) is 1. The minimum Gasteiger partial charge on any atom is -0.506 e. The number of aromatic hydroxyl groups is 1. The molecule has 8 heteroatoms. The van der Waals surface area contributed by atoms with Gasteiger partial charge in [-0.25, -0.2) is 4.99 Å². The summed E-state index contributed by atoms with van der Waals surface area (Å²) in [5.41, 5.74) is 3.01. The van der Waals surface area contributed by atoms with Crippen LogP contribution in [0, 0.1) is 6.92 Å². The van der Waals surface area contributed by atoms with E-state index in [1.807, 2.05) is 37.3 Å². The molecule has 0 saturated carbocycles. The van der Waals surface area contributed by atoms with Gasteiger partial charge in [-0.1, -0.05) is 41.9 Å². The van der Waals surface area contributed by atoms with E-state index in [1.54, 1.807) is 43.5 Å². The van der Waals surface area contributed by atoms with Gasteiger partial charge in [0.05, 0.1) is 12.0 Å². The summed E-state index contributed by atoms with van der Waals surface area (Å²) in [5.74, 6) is 0.903. The van der Waals surface area contributed by atoms with Crippen molar-refractivity contribution in [3.8, 4) is 17.2 Å². The molecule has 168 valence electrons. The second kappa shape index (κ2) is 10.0. The molecule has 3 aromatic carbocycles. The van der Waals surface area contributed by atoms with Crippen LogP contribution >= 0.6 is 23.4 Å². The molecule has 0 aliphatic carbocycles. The predicted molar refractivity (Wildman–Crippen MR) is 132 cm³/mol. The zero-order valence-corrected chi connectivity index (χ0v) is 19.5. The number of ether oxygens (including phenoxy) is 2. The normalized spacial score (nSPS) is 15.7. The fourth-order valence-electron chi connectivity index (χ4n) is 3.13. The van der Waals surface area contributed by atoms with E-state index in [1.165, 1.54) is 11.8 Å². The van der Waals surface area contributed by atoms with Gasteiger partial charge in [-0.05, 0) is 66.2 Å². The third kappa shape index (κ3) is 5.50. The van der Waals surface area contributed by atoms with Gasteiger partial charge in [-0.15, -0.1) is 0 Å². The second-order valence-corrected chi connectivity index (χ2v) is 8.70. The molecule has 1 amide bonds. The first-order valence-corrected chi connectivity index (χ1v) is 11.3. The van der Waals surface area contributed by atoms with E-state index >= 15 is 0 Å². The number of benzene rings is 3. The fourth-order valence-corrected chi connectivity index (χ4v) is 4.15. The number of amidine groups is 1. The maximum absolute atomic E-state index is 12.4. The fraction of sp³-hybridized carbons (Fsp3) is 0.120. The molecule has 6 nitrogen and oxygen atoms in total. The average Bonchev–Trinajstić information content (AvgIpc) is 3.14. The Bertz CT molecular complexity index is 1270. The summed E-state index contributed by atoms with van der Waals surface area (Å²) in [6, 6.07) is 18.0. The minimum absolute atomic E-state index is 0.0532. The third-order valence-corrected chi connectivity index (χ3v) is 6.11. The Labute approximate surface area is 200 Å². The number of carbonyl (C=O) groups excluding carboxylic acids is 1. The Hall–Kier alpha value is -3.42. The molecule has 0 radical (unpaired) electrons. The molecule has 0 spiro atoms. The largest absolute Gasteiger partial charge is 0.506 e. The average molecular weight is 481 g/mol. The molecule has 2 N–H and O–H groups in total. The van der Waals surface area contributed by atoms with Gasteiger partial charge in [0.2, 0.25) is 0 Å². The van der Waals surface area contributed by atoms with Crippen molar-refractivity contribution < 1.29 is 19.4 Å². The van der Waals surface area contributed by atoms with Crippen molar-refractivity contribution in [3.63, 3.8) is 0 Å². The van der Waals surface area contributed by atoms with Gasteiger partial charge in [0.25, 0.3) is 5.91 Å². The molecule has 1 saturated heterocycles. The number of aryl methyl sites for hydroxylation is 1. The number of aliphatic imine (C=N–C) groups is 1. The lowest BCUT2D eigenvalue weighted by molar-refractivity contribution is -0.115. The number of phenolic OH excluding ortho intramolecular Hbond substituents is 1. The maximum atomic E-state index is 12.4. The van der Waals surface area contributed by atoms with Crippen LogP contribution in [0.5, 0.6) is 17.2 Å². The lowest BCUT2D eigenvalue weighted by Gasteiger charge is -2.12. The Morgan fingerprint density at radius 3 is 2.73 bits per heavy atom. The summed E-state index contributed by atoms with van der Waals surface area (Å²) < 4.78 is 11.4. The Balaban J connectivity index is 1.51. The van der Waals surface area contributed by atoms with Gasteiger partial charge in [-0.3, -0.25) is 4.79 Å². The van der Waals surface area contributed by atoms with Gasteiger partial charge in [0.1, 0.15) is 18.0 Å². The van der Waals surface area contributed by atoms with Crippen molar-refractivity contribution in [1.82, 2.24) is 5.32 Å². The molecule has 4 rings (SSSR count). The van der Waals surface area contributed by atoms with E-state index in [0.29, 0.717) is 38.9 Å². The second-order valence-electron chi connectivity index (χ2n) is 7.26. The van der Waals surface area contributed by atoms with Crippen LogP contribution in [0.1, 0.15) is 16.7 Å². The number of hydrogen-bond acceptors (Lipinski definition) is 6. The summed E-state index contributed by atoms with van der Waals surface area (Å²) in [7, 11) is 1.56. The maximum Gasteiger partial charge on any atom is 0.264 e. The first kappa shape index (κ1) is 22.8. The summed E-state index contributed by atoms with van der Waals surface area (Å²) in [6.07, 6.45) is 1.75. The summed E-state index contributed by atoms with van der Waals surface area (Å²) in [4.78, 5) is 17.3. The van der Waals surface area contributed by atoms with Crippen LogP contribution in [0.25, 0.3) is 6.08 Å². The third-order valence-electron chi connectivity index (χ3n) is 4.83. The van der Waals surface area contributed by atoms with Crippen molar-refractivity contribution >= 4 is 46.2 Å². The van der Waals surface area contributed by atoms with Crippen LogP contribution in [0.2, 0.25) is 5.02 Å². The number of hydrogen-bond donors (Lipinski definition) is 2. The number of thioether (sulfide) groups is 1. The van der Waals surface area contributed by atoms with E-state index in [4.69, 9.17) is 21.1 Å². The Kier molecular flexibility index (Phi) is 6.91. The van der Waals surface area contributed by atoms with E-state index in [2.05, 4.69) is 10.3 Å². The molecule has 0 aromatic heterocycles. The van der Waals surface area contributed by atoms with Gasteiger partial charge >= 0.3 is 0 Å². The molecule has 33 heavy (non-hydrogen) atoms. The van der Waals surface area contributed by atoms with Crippen LogP contribution in [0.3, 0.4) is 0 Å². The number of rotatable bonds is 6. The number of halogens is 1. The molecule has 0 unspecified atom stereocenters. The van der Waals surface area contributed by atoms with Gasteiger partial charge < -0.3 is 19.9 Å². The zero-order chi connectivity index (χ0) is 23.4. The Morgan fingerprint density at radius 2 is 1.94 bits per heavy atom. The Morgan fingerprint density at radius 1 is 1.12 bits per heavy atom. The lowest BCUT2D eigenvalue weighted by Crippen LogP contribution is -2.19. The number of carbonyl (C=O) groups is 1. The van der Waals surface area contributed by atoms with E-state index in [0.717, 1.165) is 16.7 Å². The zero-order valence-electron chi connectivity index (χ0n) is 18.0. The van der Waals surface area contributed by atoms with Crippen molar-refractivity contribution in [2.45, 2.75) is 13.5 Å². The SMILES string of the molecule is COc1cc(/C=C2\SC(=Nc3cc(C)ccc3O)NC2=O)ccc1OCc1ccccc1Cl. The van der Waals surface area contributed by atoms with Crippen molar-refractivity contribution in [1.29, 1.82) is 0 Å². The minimum atomic E-state index is -0.260. The van der Waals surface area contributed by atoms with Gasteiger partial charge in [0.15, 0.2) is 16.7 Å². The van der Waals surface area contributed by atoms with Gasteiger partial charge in [0, 0.05) is 10.6 Å². The van der Waals surface area contributed by atoms with Crippen LogP contribution < -0.4 is 14.8 Å². The number of phenols is 1. The highest BCUT2D eigenvalue weighted by Crippen LogP contribution is 2.34. The van der Waals surface area contributed by atoms with E-state index in [9.17, 15) is 9.90 Å². The predicted octanol–water partition coefficient (Wildman–Crippen LogP) is 5.83. The first-order chi connectivity index (χ1) is 15.9. The number of nitrogens with zero attached hydrogens (tertiary/aromatic N) is 1. The molecule has 1 heterocycles. The molecule has 0 atom stereocenters. The monoisotopic (exact) mass is 480 g/mol. The highest BCUT2D eigenvalue weighted by atomic mass is 35.5. The highest BCUT2D eigenvalue weighted by Gasteiger charge is 2.24. The smallest absolute Gasteiger partial charge is 0.264 e. The standard InChI is InChI=1S/C25H21ClN2O4S/c1-15-7-9-20(29)19(11-15)27-25-28-24(30)23(33-25)13-16-8-10-21(22(12-16)31-2)32-14-17-5-3-4-6-18(17)26/h3-13,29H,14H2,1-2H3,(H,27,28,30)/b23-13-. The lowest BCUT2D eigenvalue weighted by atomic mass is 10.2. The van der Waals surface area contributed by atoms with E-state index < -0.39 is 0 Å². The van der Waals surface area contributed by atoms with Crippen LogP contribution in [0.15, 0.2) is 70.6 Å². The summed E-state index contributed by atoms with van der Waals surface area (Å²) in [6.45, 7) is 2.21. The quantitative estimate of drug-likeness (QED) is 0.434. The van der Waals surface area contributed by atoms with Crippen LogP contribution in [0.4, 0.5) is 5.69 Å².